The van der Waals surface area contributed by atoms with Gasteiger partial charge in [-0.15, -0.1) is 0 Å². The Balaban J connectivity index is 1.12. The van der Waals surface area contributed by atoms with Crippen molar-refractivity contribution >= 4 is 11.5 Å². The van der Waals surface area contributed by atoms with Gasteiger partial charge in [0.25, 0.3) is 0 Å². The van der Waals surface area contributed by atoms with Crippen molar-refractivity contribution in [2.24, 2.45) is 51.2 Å². The van der Waals surface area contributed by atoms with E-state index in [1.165, 1.54) is 81.0 Å². The van der Waals surface area contributed by atoms with Crippen molar-refractivity contribution in [1.29, 1.82) is 0 Å². The lowest BCUT2D eigenvalue weighted by atomic mass is 9.33. The summed E-state index contributed by atoms with van der Waals surface area (Å²) < 4.78 is 11.3. The summed E-state index contributed by atoms with van der Waals surface area (Å²) in [5, 5.41) is 4.33. The average Bonchev–Trinajstić information content (AvgIpc) is 3.47. The van der Waals surface area contributed by atoms with Gasteiger partial charge in [-0.3, -0.25) is 4.90 Å². The van der Waals surface area contributed by atoms with E-state index >= 15 is 0 Å². The molecule has 5 fully saturated rings. The van der Waals surface area contributed by atoms with Crippen LogP contribution >= 0.6 is 0 Å². The van der Waals surface area contributed by atoms with Crippen LogP contribution in [0.4, 0.5) is 0 Å². The van der Waals surface area contributed by atoms with Crippen LogP contribution in [0.15, 0.2) is 42.5 Å². The predicted octanol–water partition coefficient (Wildman–Crippen LogP) is 10.4. The van der Waals surface area contributed by atoms with Gasteiger partial charge in [-0.05, 0) is 180 Å². The second-order valence-electron chi connectivity index (χ2n) is 20.7. The Morgan fingerprint density at radius 2 is 1.63 bits per heavy atom. The lowest BCUT2D eigenvalue weighted by Gasteiger charge is -2.72. The van der Waals surface area contributed by atoms with E-state index < -0.39 is 5.60 Å². The average molecular weight is 713 g/mol. The zero-order chi connectivity index (χ0) is 37.3. The molecule has 5 heteroatoms. The van der Waals surface area contributed by atoms with Crippen LogP contribution in [0.3, 0.4) is 0 Å². The van der Waals surface area contributed by atoms with Gasteiger partial charge in [-0.25, -0.2) is 4.79 Å². The molecule has 288 valence electrons. The predicted molar refractivity (Wildman–Crippen MR) is 214 cm³/mol. The standard InChI is InChI=1S/C47H72N2O3/c1-32(2)35-18-23-47(48-26-11-27-49-28-30-51-31-29-49)25-24-45(9)37(40(35)47)16-17-39-44(8)21-19-36(43(6,7)38(44)20-22-46(39,45)10)33-12-14-34(15-13-33)41(50)52-42(3,4)5/h12-15,19,35,37-40,48H,1,11,16-18,20-31H2,2-10H3/t35-,37+,38-,39+,40+,44-,45+,46+,47-/m0/s1. The Hall–Kier alpha value is -1.95. The van der Waals surface area contributed by atoms with Crippen LogP contribution in [-0.4, -0.2) is 61.4 Å². The molecule has 1 N–H and O–H groups in total. The van der Waals surface area contributed by atoms with E-state index in [1.807, 2.05) is 32.9 Å². The second-order valence-corrected chi connectivity index (χ2v) is 20.7. The van der Waals surface area contributed by atoms with Gasteiger partial charge in [0.05, 0.1) is 18.8 Å². The topological polar surface area (TPSA) is 50.8 Å². The summed E-state index contributed by atoms with van der Waals surface area (Å²) in [7, 11) is 0. The molecule has 0 radical (unpaired) electrons. The molecule has 52 heavy (non-hydrogen) atoms. The Bertz CT molecular complexity index is 1530. The maximum Gasteiger partial charge on any atom is 0.338 e. The fourth-order valence-corrected chi connectivity index (χ4v) is 14.1. The van der Waals surface area contributed by atoms with Gasteiger partial charge in [0, 0.05) is 18.6 Å². The molecule has 6 aliphatic rings. The minimum Gasteiger partial charge on any atom is -0.456 e. The van der Waals surface area contributed by atoms with Crippen molar-refractivity contribution in [3.8, 4) is 0 Å². The molecule has 1 saturated heterocycles. The number of hydrogen-bond donors (Lipinski definition) is 1. The van der Waals surface area contributed by atoms with E-state index in [4.69, 9.17) is 9.47 Å². The molecule has 0 amide bonds. The number of morpholine rings is 1. The minimum absolute atomic E-state index is 0.0584. The highest BCUT2D eigenvalue weighted by Crippen LogP contribution is 2.76. The summed E-state index contributed by atoms with van der Waals surface area (Å²) in [6, 6.07) is 8.27. The minimum atomic E-state index is -0.496. The number of allylic oxidation sites excluding steroid dienone is 3. The molecule has 1 heterocycles. The van der Waals surface area contributed by atoms with E-state index in [0.29, 0.717) is 34.1 Å². The van der Waals surface area contributed by atoms with Crippen molar-refractivity contribution in [2.45, 2.75) is 138 Å². The Kier molecular flexibility index (Phi) is 10.1. The number of hydrogen-bond acceptors (Lipinski definition) is 5. The van der Waals surface area contributed by atoms with Crippen LogP contribution in [0, 0.1) is 51.2 Å². The van der Waals surface area contributed by atoms with Crippen molar-refractivity contribution < 1.29 is 14.3 Å². The van der Waals surface area contributed by atoms with Crippen LogP contribution < -0.4 is 5.32 Å². The quantitative estimate of drug-likeness (QED) is 0.165. The van der Waals surface area contributed by atoms with Gasteiger partial charge < -0.3 is 14.8 Å². The smallest absolute Gasteiger partial charge is 0.338 e. The number of nitrogens with one attached hydrogen (secondary N) is 1. The van der Waals surface area contributed by atoms with Crippen LogP contribution in [0.1, 0.15) is 142 Å². The highest BCUT2D eigenvalue weighted by atomic mass is 16.6. The summed E-state index contributed by atoms with van der Waals surface area (Å²) in [6.45, 7) is 32.3. The molecule has 4 saturated carbocycles. The Labute approximate surface area is 317 Å². The third kappa shape index (κ3) is 6.29. The highest BCUT2D eigenvalue weighted by Gasteiger charge is 2.70. The molecule has 0 unspecified atom stereocenters. The van der Waals surface area contributed by atoms with Crippen molar-refractivity contribution in [1.82, 2.24) is 10.2 Å². The normalized spacial score (nSPS) is 40.1. The zero-order valence-corrected chi connectivity index (χ0v) is 34.5. The maximum absolute atomic E-state index is 12.8. The van der Waals surface area contributed by atoms with Crippen LogP contribution in [0.5, 0.6) is 0 Å². The Morgan fingerprint density at radius 1 is 0.923 bits per heavy atom. The van der Waals surface area contributed by atoms with Gasteiger partial charge in [0.2, 0.25) is 0 Å². The van der Waals surface area contributed by atoms with E-state index in [9.17, 15) is 4.79 Å². The first kappa shape index (κ1) is 38.3. The number of fused-ring (bicyclic) bond motifs is 7. The summed E-state index contributed by atoms with van der Waals surface area (Å²) in [6.07, 6.45) is 15.7. The summed E-state index contributed by atoms with van der Waals surface area (Å²) in [4.78, 5) is 15.4. The molecule has 0 spiro atoms. The number of esters is 1. The Morgan fingerprint density at radius 3 is 2.31 bits per heavy atom. The van der Waals surface area contributed by atoms with Crippen LogP contribution in [0.2, 0.25) is 0 Å². The number of carbonyl (C=O) groups is 1. The summed E-state index contributed by atoms with van der Waals surface area (Å²) >= 11 is 0. The molecule has 0 aromatic heterocycles. The fraction of sp³-hybridized carbons (Fsp3) is 0.766. The summed E-state index contributed by atoms with van der Waals surface area (Å²) in [5.41, 5.74) is 5.58. The largest absolute Gasteiger partial charge is 0.456 e. The van der Waals surface area contributed by atoms with Crippen LogP contribution in [0.25, 0.3) is 5.57 Å². The second kappa shape index (κ2) is 13.7. The molecular formula is C47H72N2O3. The van der Waals surface area contributed by atoms with Gasteiger partial charge in [0.15, 0.2) is 0 Å². The zero-order valence-electron chi connectivity index (χ0n) is 34.5. The molecule has 5 aliphatic carbocycles. The van der Waals surface area contributed by atoms with Crippen LogP contribution in [-0.2, 0) is 9.47 Å². The van der Waals surface area contributed by atoms with Crippen molar-refractivity contribution in [3.63, 3.8) is 0 Å². The number of nitrogens with zero attached hydrogens (tertiary/aromatic N) is 1. The number of benzene rings is 1. The molecule has 1 aromatic carbocycles. The number of carbonyl (C=O) groups excluding carboxylic acids is 1. The highest BCUT2D eigenvalue weighted by molar-refractivity contribution is 5.90. The molecular weight excluding hydrogens is 641 g/mol. The van der Waals surface area contributed by atoms with Crippen molar-refractivity contribution in [3.05, 3.63) is 53.6 Å². The first-order valence-electron chi connectivity index (χ1n) is 21.2. The fourth-order valence-electron chi connectivity index (χ4n) is 14.1. The molecule has 0 bridgehead atoms. The van der Waals surface area contributed by atoms with E-state index in [2.05, 4.69) is 76.5 Å². The maximum atomic E-state index is 12.8. The molecule has 7 rings (SSSR count). The third-order valence-corrected chi connectivity index (χ3v) is 16.7. The molecule has 1 aliphatic heterocycles. The summed E-state index contributed by atoms with van der Waals surface area (Å²) in [5.74, 6) is 3.22. The van der Waals surface area contributed by atoms with Gasteiger partial charge >= 0.3 is 5.97 Å². The first-order chi connectivity index (χ1) is 24.5. The SMILES string of the molecule is C=C(C)[C@@H]1CC[C@]2(NCCCN3CCOCC3)CC[C@]3(C)[C@H](CC[C@@H]4[C@@]5(C)CC=C(c6ccc(C(=O)OC(C)(C)C)cc6)C(C)(C)[C@@H]5CC[C@]43C)[C@@H]12. The lowest BCUT2D eigenvalue weighted by Crippen LogP contribution is -2.68. The monoisotopic (exact) mass is 713 g/mol. The van der Waals surface area contributed by atoms with Gasteiger partial charge in [-0.2, -0.15) is 0 Å². The molecule has 5 nitrogen and oxygen atoms in total. The first-order valence-corrected chi connectivity index (χ1v) is 21.2. The van der Waals surface area contributed by atoms with Gasteiger partial charge in [-0.1, -0.05) is 65.0 Å². The number of ether oxygens (including phenoxy) is 2. The van der Waals surface area contributed by atoms with E-state index in [0.717, 1.165) is 51.1 Å². The van der Waals surface area contributed by atoms with E-state index in [1.54, 1.807) is 0 Å². The van der Waals surface area contributed by atoms with Gasteiger partial charge in [0.1, 0.15) is 5.60 Å². The van der Waals surface area contributed by atoms with Crippen molar-refractivity contribution in [2.75, 3.05) is 39.4 Å². The third-order valence-electron chi connectivity index (χ3n) is 16.7. The lowest BCUT2D eigenvalue weighted by molar-refractivity contribution is -0.219. The number of rotatable bonds is 8. The molecule has 9 atom stereocenters. The molecule has 1 aromatic rings. The van der Waals surface area contributed by atoms with E-state index in [-0.39, 0.29) is 22.3 Å².